The van der Waals surface area contributed by atoms with E-state index in [-0.39, 0.29) is 11.8 Å². The van der Waals surface area contributed by atoms with Gasteiger partial charge in [-0.25, -0.2) is 4.98 Å². The maximum absolute atomic E-state index is 12.7. The maximum atomic E-state index is 12.7. The summed E-state index contributed by atoms with van der Waals surface area (Å²) in [6.07, 6.45) is 4.00. The number of anilines is 1. The number of fused-ring (bicyclic) bond motifs is 1. The van der Waals surface area contributed by atoms with E-state index in [9.17, 15) is 4.79 Å². The molecule has 1 aliphatic rings. The van der Waals surface area contributed by atoms with Gasteiger partial charge in [-0.1, -0.05) is 37.6 Å². The monoisotopic (exact) mass is 390 g/mol. The molecule has 1 aliphatic heterocycles. The number of hydrogen-bond donors (Lipinski definition) is 1. The molecule has 2 aromatic carbocycles. The van der Waals surface area contributed by atoms with Crippen molar-refractivity contribution in [2.75, 3.05) is 18.4 Å². The summed E-state index contributed by atoms with van der Waals surface area (Å²) in [6.45, 7) is 4.87. The highest BCUT2D eigenvalue weighted by molar-refractivity contribution is 5.92. The molecule has 1 aromatic heterocycles. The minimum Gasteiger partial charge on any atom is -0.330 e. The van der Waals surface area contributed by atoms with Crippen LogP contribution in [0.4, 0.5) is 5.69 Å². The normalized spacial score (nSPS) is 15.7. The molecule has 1 fully saturated rings. The predicted octanol–water partition coefficient (Wildman–Crippen LogP) is 4.38. The summed E-state index contributed by atoms with van der Waals surface area (Å²) in [5.74, 6) is 1.32. The van der Waals surface area contributed by atoms with Crippen LogP contribution in [0.15, 0.2) is 48.5 Å². The minimum absolute atomic E-state index is 0.0852. The van der Waals surface area contributed by atoms with Gasteiger partial charge >= 0.3 is 0 Å². The van der Waals surface area contributed by atoms with E-state index in [1.165, 1.54) is 11.1 Å². The number of benzene rings is 2. The van der Waals surface area contributed by atoms with Crippen LogP contribution in [0.2, 0.25) is 0 Å². The van der Waals surface area contributed by atoms with Crippen molar-refractivity contribution in [3.63, 3.8) is 0 Å². The molecule has 3 aromatic rings. The van der Waals surface area contributed by atoms with Crippen LogP contribution in [0.5, 0.6) is 0 Å². The largest absolute Gasteiger partial charge is 0.330 e. The second kappa shape index (κ2) is 8.78. The van der Waals surface area contributed by atoms with Gasteiger partial charge in [0, 0.05) is 18.7 Å². The summed E-state index contributed by atoms with van der Waals surface area (Å²) in [5.41, 5.74) is 4.43. The van der Waals surface area contributed by atoms with E-state index in [2.05, 4.69) is 59.1 Å². The first-order valence-electron chi connectivity index (χ1n) is 10.7. The van der Waals surface area contributed by atoms with Gasteiger partial charge in [-0.15, -0.1) is 0 Å². The van der Waals surface area contributed by atoms with E-state index in [0.29, 0.717) is 0 Å². The number of aromatic nitrogens is 2. The van der Waals surface area contributed by atoms with Crippen molar-refractivity contribution < 1.29 is 4.79 Å². The van der Waals surface area contributed by atoms with E-state index >= 15 is 0 Å². The second-order valence-electron chi connectivity index (χ2n) is 8.06. The Bertz CT molecular complexity index is 968. The van der Waals surface area contributed by atoms with Crippen LogP contribution in [0, 0.1) is 5.92 Å². The first-order chi connectivity index (χ1) is 14.1. The van der Waals surface area contributed by atoms with Crippen LogP contribution >= 0.6 is 0 Å². The zero-order valence-corrected chi connectivity index (χ0v) is 17.4. The van der Waals surface area contributed by atoms with Crippen molar-refractivity contribution in [2.45, 2.75) is 39.2 Å². The zero-order valence-electron chi connectivity index (χ0n) is 17.4. The Balaban J connectivity index is 1.30. The number of amides is 1. The van der Waals surface area contributed by atoms with Crippen LogP contribution < -0.4 is 5.32 Å². The Kier molecular flexibility index (Phi) is 5.95. The standard InChI is InChI=1S/C24H30N4O/c1-3-6-18-9-11-20(12-10-18)25-24(29)19-13-15-28(16-14-19)17-23-26-21-7-4-5-8-22(21)27(23)2/h4-5,7-12,19H,3,6,13-17H2,1-2H3,(H,25,29). The number of imidazole rings is 1. The average molecular weight is 391 g/mol. The number of carbonyl (C=O) groups excluding carboxylic acids is 1. The van der Waals surface area contributed by atoms with Gasteiger partial charge in [-0.2, -0.15) is 0 Å². The fourth-order valence-corrected chi connectivity index (χ4v) is 4.18. The predicted molar refractivity (Wildman–Crippen MR) is 118 cm³/mol. The lowest BCUT2D eigenvalue weighted by Crippen LogP contribution is -2.38. The van der Waals surface area contributed by atoms with E-state index in [1.807, 2.05) is 18.2 Å². The quantitative estimate of drug-likeness (QED) is 0.680. The molecule has 0 bridgehead atoms. The van der Waals surface area contributed by atoms with Crippen LogP contribution in [-0.2, 0) is 24.8 Å². The van der Waals surface area contributed by atoms with Gasteiger partial charge in [0.25, 0.3) is 0 Å². The fraction of sp³-hybridized carbons (Fsp3) is 0.417. The Labute approximate surface area is 172 Å². The third kappa shape index (κ3) is 4.51. The summed E-state index contributed by atoms with van der Waals surface area (Å²) >= 11 is 0. The number of piperidine rings is 1. The number of hydrogen-bond acceptors (Lipinski definition) is 3. The van der Waals surface area contributed by atoms with Gasteiger partial charge < -0.3 is 9.88 Å². The van der Waals surface area contributed by atoms with Crippen molar-refractivity contribution in [2.24, 2.45) is 13.0 Å². The number of likely N-dealkylation sites (tertiary alicyclic amines) is 1. The number of carbonyl (C=O) groups is 1. The third-order valence-corrected chi connectivity index (χ3v) is 5.96. The van der Waals surface area contributed by atoms with Gasteiger partial charge in [-0.05, 0) is 62.2 Å². The summed E-state index contributed by atoms with van der Waals surface area (Å²) in [6, 6.07) is 16.5. The van der Waals surface area contributed by atoms with Gasteiger partial charge in [0.2, 0.25) is 5.91 Å². The molecule has 4 rings (SSSR count). The van der Waals surface area contributed by atoms with E-state index < -0.39 is 0 Å². The molecule has 152 valence electrons. The topological polar surface area (TPSA) is 50.2 Å². The number of para-hydroxylation sites is 2. The molecule has 2 heterocycles. The molecule has 29 heavy (non-hydrogen) atoms. The van der Waals surface area contributed by atoms with Crippen LogP contribution in [0.3, 0.4) is 0 Å². The molecule has 0 saturated carbocycles. The summed E-state index contributed by atoms with van der Waals surface area (Å²) in [5, 5.41) is 3.10. The van der Waals surface area contributed by atoms with E-state index in [0.717, 1.165) is 62.3 Å². The maximum Gasteiger partial charge on any atom is 0.227 e. The molecule has 5 nitrogen and oxygen atoms in total. The van der Waals surface area contributed by atoms with Crippen molar-refractivity contribution in [1.82, 2.24) is 14.5 Å². The third-order valence-electron chi connectivity index (χ3n) is 5.96. The Morgan fingerprint density at radius 1 is 1.10 bits per heavy atom. The van der Waals surface area contributed by atoms with Gasteiger partial charge in [0.15, 0.2) is 0 Å². The molecule has 1 amide bonds. The van der Waals surface area contributed by atoms with Crippen molar-refractivity contribution in [1.29, 1.82) is 0 Å². The minimum atomic E-state index is 0.0852. The molecule has 0 unspecified atom stereocenters. The molecule has 0 atom stereocenters. The highest BCUT2D eigenvalue weighted by atomic mass is 16.1. The smallest absolute Gasteiger partial charge is 0.227 e. The van der Waals surface area contributed by atoms with Crippen LogP contribution in [-0.4, -0.2) is 33.4 Å². The first kappa shape index (κ1) is 19.6. The molecule has 5 heteroatoms. The fourth-order valence-electron chi connectivity index (χ4n) is 4.18. The average Bonchev–Trinajstić information content (AvgIpc) is 3.06. The number of aryl methyl sites for hydroxylation is 2. The summed E-state index contributed by atoms with van der Waals surface area (Å²) in [7, 11) is 2.08. The Morgan fingerprint density at radius 2 is 1.83 bits per heavy atom. The van der Waals surface area contributed by atoms with E-state index in [4.69, 9.17) is 4.98 Å². The molecule has 1 saturated heterocycles. The lowest BCUT2D eigenvalue weighted by Gasteiger charge is -2.31. The zero-order chi connectivity index (χ0) is 20.2. The number of nitrogens with one attached hydrogen (secondary N) is 1. The lowest BCUT2D eigenvalue weighted by atomic mass is 9.95. The lowest BCUT2D eigenvalue weighted by molar-refractivity contribution is -0.121. The van der Waals surface area contributed by atoms with Crippen molar-refractivity contribution in [3.8, 4) is 0 Å². The SMILES string of the molecule is CCCc1ccc(NC(=O)C2CCN(Cc3nc4ccccc4n3C)CC2)cc1. The Morgan fingerprint density at radius 3 is 2.52 bits per heavy atom. The molecule has 0 radical (unpaired) electrons. The van der Waals surface area contributed by atoms with Crippen LogP contribution in [0.1, 0.15) is 37.6 Å². The van der Waals surface area contributed by atoms with Crippen molar-refractivity contribution >= 4 is 22.6 Å². The van der Waals surface area contributed by atoms with Crippen LogP contribution in [0.25, 0.3) is 11.0 Å². The molecular weight excluding hydrogens is 360 g/mol. The first-order valence-corrected chi connectivity index (χ1v) is 10.7. The molecule has 0 aliphatic carbocycles. The van der Waals surface area contributed by atoms with E-state index in [1.54, 1.807) is 0 Å². The molecule has 1 N–H and O–H groups in total. The van der Waals surface area contributed by atoms with Gasteiger partial charge in [0.05, 0.1) is 17.6 Å². The number of nitrogens with zero attached hydrogens (tertiary/aromatic N) is 3. The second-order valence-corrected chi connectivity index (χ2v) is 8.06. The summed E-state index contributed by atoms with van der Waals surface area (Å²) < 4.78 is 2.18. The van der Waals surface area contributed by atoms with Crippen molar-refractivity contribution in [3.05, 3.63) is 59.9 Å². The molecular formula is C24H30N4O. The van der Waals surface area contributed by atoms with Gasteiger partial charge in [-0.3, -0.25) is 9.69 Å². The molecule has 0 spiro atoms. The Hall–Kier alpha value is -2.66. The highest BCUT2D eigenvalue weighted by Gasteiger charge is 2.26. The number of rotatable bonds is 6. The summed E-state index contributed by atoms with van der Waals surface area (Å²) in [4.78, 5) is 19.9. The van der Waals surface area contributed by atoms with Gasteiger partial charge in [0.1, 0.15) is 5.82 Å². The highest BCUT2D eigenvalue weighted by Crippen LogP contribution is 2.22.